The van der Waals surface area contributed by atoms with E-state index in [2.05, 4.69) is 15.0 Å². The van der Waals surface area contributed by atoms with Crippen molar-refractivity contribution in [2.75, 3.05) is 14.2 Å². The normalized spacial score (nSPS) is 10.0. The van der Waals surface area contributed by atoms with Gasteiger partial charge in [0.05, 0.1) is 20.4 Å². The third kappa shape index (κ3) is 1.96. The zero-order valence-corrected chi connectivity index (χ0v) is 9.43. The van der Waals surface area contributed by atoms with Gasteiger partial charge in [0, 0.05) is 12.4 Å². The Bertz CT molecular complexity index is 566. The molecule has 17 heavy (non-hydrogen) atoms. The van der Waals surface area contributed by atoms with Crippen molar-refractivity contribution in [3.63, 3.8) is 0 Å². The Morgan fingerprint density at radius 1 is 1.18 bits per heavy atom. The number of nitrogens with zero attached hydrogens (tertiary/aromatic N) is 2. The van der Waals surface area contributed by atoms with Crippen LogP contribution in [-0.2, 0) is 0 Å². The first-order valence-corrected chi connectivity index (χ1v) is 4.89. The Morgan fingerprint density at radius 3 is 2.47 bits per heavy atom. The van der Waals surface area contributed by atoms with E-state index in [-0.39, 0.29) is 16.7 Å². The summed E-state index contributed by atoms with van der Waals surface area (Å²) in [7, 11) is 2.89. The van der Waals surface area contributed by atoms with Crippen molar-refractivity contribution in [2.24, 2.45) is 0 Å². The highest BCUT2D eigenvalue weighted by atomic mass is 16.5. The molecule has 0 saturated heterocycles. The molecule has 0 atom stereocenters. The number of aromatic amines is 1. The Kier molecular flexibility index (Phi) is 3.04. The molecule has 6 heteroatoms. The van der Waals surface area contributed by atoms with Crippen molar-refractivity contribution < 1.29 is 9.47 Å². The average molecular weight is 233 g/mol. The first kappa shape index (κ1) is 11.1. The van der Waals surface area contributed by atoms with Gasteiger partial charge in [0.2, 0.25) is 11.3 Å². The molecule has 0 unspecified atom stereocenters. The molecule has 0 radical (unpaired) electrons. The highest BCUT2D eigenvalue weighted by Crippen LogP contribution is 2.22. The minimum absolute atomic E-state index is 0.188. The van der Waals surface area contributed by atoms with Gasteiger partial charge in [-0.15, -0.1) is 0 Å². The number of ether oxygens (including phenoxy) is 2. The maximum atomic E-state index is 12.1. The monoisotopic (exact) mass is 233 g/mol. The van der Waals surface area contributed by atoms with Crippen LogP contribution in [-0.4, -0.2) is 29.2 Å². The van der Waals surface area contributed by atoms with E-state index in [0.717, 1.165) is 0 Å². The van der Waals surface area contributed by atoms with Crippen molar-refractivity contribution in [1.82, 2.24) is 15.0 Å². The van der Waals surface area contributed by atoms with Crippen LogP contribution in [0.2, 0.25) is 0 Å². The van der Waals surface area contributed by atoms with Crippen LogP contribution in [0, 0.1) is 0 Å². The van der Waals surface area contributed by atoms with Crippen LogP contribution in [0.1, 0.15) is 0 Å². The predicted octanol–water partition coefficient (Wildman–Crippen LogP) is 0.849. The summed E-state index contributed by atoms with van der Waals surface area (Å²) in [5.41, 5.74) is -0.0539. The smallest absolute Gasteiger partial charge is 0.238 e. The summed E-state index contributed by atoms with van der Waals surface area (Å²) in [5, 5.41) is 0. The highest BCUT2D eigenvalue weighted by molar-refractivity contribution is 5.62. The molecule has 1 N–H and O–H groups in total. The fraction of sp³-hybridized carbons (Fsp3) is 0.182. The number of hydrogen-bond donors (Lipinski definition) is 1. The average Bonchev–Trinajstić information content (AvgIpc) is 2.39. The van der Waals surface area contributed by atoms with Crippen LogP contribution < -0.4 is 14.9 Å². The number of hydrogen-bond acceptors (Lipinski definition) is 5. The first-order chi connectivity index (χ1) is 8.27. The number of rotatable bonds is 3. The molecule has 0 aromatic carbocycles. The third-order valence-electron chi connectivity index (χ3n) is 2.23. The summed E-state index contributed by atoms with van der Waals surface area (Å²) in [4.78, 5) is 22.9. The number of H-pyrrole nitrogens is 1. The van der Waals surface area contributed by atoms with Crippen molar-refractivity contribution in [1.29, 1.82) is 0 Å². The lowest BCUT2D eigenvalue weighted by molar-refractivity contribution is 0.386. The molecule has 6 nitrogen and oxygen atoms in total. The fourth-order valence-corrected chi connectivity index (χ4v) is 1.44. The quantitative estimate of drug-likeness (QED) is 0.850. The summed E-state index contributed by atoms with van der Waals surface area (Å²) in [5.74, 6) is 0.791. The van der Waals surface area contributed by atoms with Crippen LogP contribution in [0.25, 0.3) is 11.4 Å². The standard InChI is InChI=1S/C11H11N3O3/c1-16-7-6-14-11(17-2)8(9(7)15)10-12-4-3-5-13-10/h3-6H,1-2H3,(H,14,15). The van der Waals surface area contributed by atoms with Gasteiger partial charge in [-0.1, -0.05) is 0 Å². The Hall–Kier alpha value is -2.37. The lowest BCUT2D eigenvalue weighted by atomic mass is 10.2. The number of nitrogens with one attached hydrogen (secondary N) is 1. The summed E-state index contributed by atoms with van der Waals surface area (Å²) in [6.07, 6.45) is 4.55. The van der Waals surface area contributed by atoms with Gasteiger partial charge in [-0.25, -0.2) is 9.97 Å². The molecule has 0 aliphatic carbocycles. The van der Waals surface area contributed by atoms with E-state index in [1.54, 1.807) is 18.5 Å². The van der Waals surface area contributed by atoms with Gasteiger partial charge in [0.15, 0.2) is 11.6 Å². The van der Waals surface area contributed by atoms with Crippen LogP contribution in [0.15, 0.2) is 29.5 Å². The first-order valence-electron chi connectivity index (χ1n) is 4.89. The molecule has 2 heterocycles. The van der Waals surface area contributed by atoms with Gasteiger partial charge in [-0.05, 0) is 6.07 Å². The number of pyridine rings is 1. The zero-order valence-electron chi connectivity index (χ0n) is 9.43. The second-order valence-corrected chi connectivity index (χ2v) is 3.17. The van der Waals surface area contributed by atoms with Gasteiger partial charge in [0.1, 0.15) is 5.56 Å². The number of methoxy groups -OCH3 is 2. The van der Waals surface area contributed by atoms with E-state index in [4.69, 9.17) is 9.47 Å². The molecule has 0 aliphatic heterocycles. The Balaban J connectivity index is 2.70. The number of aromatic nitrogens is 3. The summed E-state index contributed by atoms with van der Waals surface area (Å²) in [6.45, 7) is 0. The molecule has 88 valence electrons. The van der Waals surface area contributed by atoms with E-state index < -0.39 is 0 Å². The molecule has 0 bridgehead atoms. The molecule has 2 aromatic heterocycles. The van der Waals surface area contributed by atoms with Crippen molar-refractivity contribution in [3.8, 4) is 23.0 Å². The van der Waals surface area contributed by atoms with Crippen LogP contribution in [0.5, 0.6) is 11.6 Å². The lowest BCUT2D eigenvalue weighted by Crippen LogP contribution is -2.12. The van der Waals surface area contributed by atoms with Gasteiger partial charge >= 0.3 is 0 Å². The Labute approximate surface area is 97.3 Å². The van der Waals surface area contributed by atoms with Gasteiger partial charge < -0.3 is 14.5 Å². The van der Waals surface area contributed by atoms with E-state index in [0.29, 0.717) is 11.7 Å². The molecule has 0 spiro atoms. The predicted molar refractivity (Wildman–Crippen MR) is 61.2 cm³/mol. The second-order valence-electron chi connectivity index (χ2n) is 3.17. The maximum Gasteiger partial charge on any atom is 0.238 e. The van der Waals surface area contributed by atoms with Gasteiger partial charge in [0.25, 0.3) is 0 Å². The minimum Gasteiger partial charge on any atom is -0.491 e. The van der Waals surface area contributed by atoms with E-state index >= 15 is 0 Å². The third-order valence-corrected chi connectivity index (χ3v) is 2.23. The molecule has 0 saturated carbocycles. The summed E-state index contributed by atoms with van der Waals surface area (Å²) >= 11 is 0. The topological polar surface area (TPSA) is 77.1 Å². The van der Waals surface area contributed by atoms with E-state index in [1.807, 2.05) is 0 Å². The molecular weight excluding hydrogens is 222 g/mol. The molecule has 0 fully saturated rings. The second kappa shape index (κ2) is 4.65. The van der Waals surface area contributed by atoms with E-state index in [1.165, 1.54) is 20.4 Å². The summed E-state index contributed by atoms with van der Waals surface area (Å²) < 4.78 is 10.0. The van der Waals surface area contributed by atoms with Crippen LogP contribution in [0.4, 0.5) is 0 Å². The Morgan fingerprint density at radius 2 is 1.88 bits per heavy atom. The fourth-order valence-electron chi connectivity index (χ4n) is 1.44. The van der Waals surface area contributed by atoms with Gasteiger partial charge in [-0.3, -0.25) is 4.79 Å². The molecule has 2 aromatic rings. The maximum absolute atomic E-state index is 12.1. The van der Waals surface area contributed by atoms with Crippen LogP contribution >= 0.6 is 0 Å². The van der Waals surface area contributed by atoms with Crippen molar-refractivity contribution in [2.45, 2.75) is 0 Å². The molecule has 0 amide bonds. The largest absolute Gasteiger partial charge is 0.491 e. The SMILES string of the molecule is COc1[nH]cc(OC)c(=O)c1-c1ncccn1. The molecular formula is C11H11N3O3. The molecule has 0 aliphatic rings. The van der Waals surface area contributed by atoms with Crippen molar-refractivity contribution in [3.05, 3.63) is 34.9 Å². The zero-order chi connectivity index (χ0) is 12.3. The lowest BCUT2D eigenvalue weighted by Gasteiger charge is -2.07. The van der Waals surface area contributed by atoms with Crippen LogP contribution in [0.3, 0.4) is 0 Å². The molecule has 2 rings (SSSR count). The highest BCUT2D eigenvalue weighted by Gasteiger charge is 2.16. The minimum atomic E-state index is -0.311. The summed E-state index contributed by atoms with van der Waals surface area (Å²) in [6, 6.07) is 1.67. The van der Waals surface area contributed by atoms with Gasteiger partial charge in [-0.2, -0.15) is 0 Å². The van der Waals surface area contributed by atoms with E-state index in [9.17, 15) is 4.79 Å². The van der Waals surface area contributed by atoms with Crippen molar-refractivity contribution >= 4 is 0 Å².